The lowest BCUT2D eigenvalue weighted by Crippen LogP contribution is -2.46. The van der Waals surface area contributed by atoms with Gasteiger partial charge in [-0.05, 0) is 92.6 Å². The molecule has 224 valence electrons. The van der Waals surface area contributed by atoms with Crippen molar-refractivity contribution >= 4 is 5.97 Å². The summed E-state index contributed by atoms with van der Waals surface area (Å²) in [5, 5.41) is 10.3. The van der Waals surface area contributed by atoms with Gasteiger partial charge in [0.25, 0.3) is 0 Å². The van der Waals surface area contributed by atoms with E-state index in [4.69, 9.17) is 0 Å². The third-order valence-corrected chi connectivity index (χ3v) is 10.00. The van der Waals surface area contributed by atoms with Crippen LogP contribution in [0.1, 0.15) is 80.4 Å². The Morgan fingerprint density at radius 1 is 0.902 bits per heavy atom. The first-order valence-electron chi connectivity index (χ1n) is 15.7. The molecule has 1 N–H and O–H groups in total. The number of likely N-dealkylation sites (tertiary alicyclic amines) is 2. The fraction of sp³-hybridized carbons (Fsp3) is 0.618. The monoisotopic (exact) mass is 570 g/mol. The molecule has 41 heavy (non-hydrogen) atoms. The first kappa shape index (κ1) is 30.1. The maximum atomic E-state index is 12.8. The van der Waals surface area contributed by atoms with E-state index in [0.29, 0.717) is 17.8 Å². The van der Waals surface area contributed by atoms with Crippen LogP contribution in [0.25, 0.3) is 0 Å². The van der Waals surface area contributed by atoms with Crippen LogP contribution in [0.4, 0.5) is 13.2 Å². The summed E-state index contributed by atoms with van der Waals surface area (Å²) in [7, 11) is 0. The first-order chi connectivity index (χ1) is 19.8. The molecule has 2 aromatic rings. The molecule has 2 heterocycles. The van der Waals surface area contributed by atoms with E-state index in [0.717, 1.165) is 96.1 Å². The minimum atomic E-state index is -4.28. The number of carboxylic acids is 1. The van der Waals surface area contributed by atoms with Gasteiger partial charge < -0.3 is 10.0 Å². The molecule has 1 saturated carbocycles. The number of piperidine rings is 1. The van der Waals surface area contributed by atoms with Crippen molar-refractivity contribution in [2.45, 2.75) is 82.3 Å². The van der Waals surface area contributed by atoms with Crippen molar-refractivity contribution in [2.24, 2.45) is 17.8 Å². The average molecular weight is 571 g/mol. The largest absolute Gasteiger partial charge is 0.480 e. The van der Waals surface area contributed by atoms with E-state index < -0.39 is 17.7 Å². The number of hydrogen-bond acceptors (Lipinski definition) is 3. The summed E-state index contributed by atoms with van der Waals surface area (Å²) in [6.45, 7) is 4.80. The Morgan fingerprint density at radius 3 is 2.22 bits per heavy atom. The summed E-state index contributed by atoms with van der Waals surface area (Å²) < 4.78 is 38.4. The fourth-order valence-electron chi connectivity index (χ4n) is 7.75. The quantitative estimate of drug-likeness (QED) is 0.322. The molecular formula is C34H45F3N2O2. The molecule has 2 aliphatic heterocycles. The van der Waals surface area contributed by atoms with E-state index in [1.54, 1.807) is 12.1 Å². The molecule has 0 spiro atoms. The van der Waals surface area contributed by atoms with Crippen molar-refractivity contribution in [1.82, 2.24) is 9.80 Å². The Hall–Kier alpha value is -2.38. The van der Waals surface area contributed by atoms with Crippen LogP contribution >= 0.6 is 0 Å². The smallest absolute Gasteiger partial charge is 0.416 e. The second kappa shape index (κ2) is 13.7. The van der Waals surface area contributed by atoms with Crippen molar-refractivity contribution in [3.8, 4) is 0 Å². The zero-order valence-electron chi connectivity index (χ0n) is 24.1. The van der Waals surface area contributed by atoms with E-state index in [-0.39, 0.29) is 12.0 Å². The molecule has 0 radical (unpaired) electrons. The SMILES string of the molecule is O=C(O)C(C1CCCCC1)N1CC(CN2CCC(CCCc3ccc(C(F)(F)F)cc3)CC2)C(c2ccccc2)C1. The van der Waals surface area contributed by atoms with Crippen LogP contribution in [0.2, 0.25) is 0 Å². The zero-order valence-corrected chi connectivity index (χ0v) is 24.1. The van der Waals surface area contributed by atoms with Gasteiger partial charge in [0.15, 0.2) is 0 Å². The third-order valence-electron chi connectivity index (χ3n) is 10.00. The molecule has 0 aromatic heterocycles. The average Bonchev–Trinajstić information content (AvgIpc) is 3.37. The predicted octanol–water partition coefficient (Wildman–Crippen LogP) is 7.49. The van der Waals surface area contributed by atoms with Crippen LogP contribution in [-0.2, 0) is 17.4 Å². The summed E-state index contributed by atoms with van der Waals surface area (Å²) >= 11 is 0. The number of rotatable bonds is 10. The molecule has 4 nitrogen and oxygen atoms in total. The number of halogens is 3. The number of carboxylic acid groups (broad SMARTS) is 1. The summed E-state index contributed by atoms with van der Waals surface area (Å²) in [5.41, 5.74) is 1.72. The molecule has 5 rings (SSSR count). The van der Waals surface area contributed by atoms with Crippen LogP contribution in [0.3, 0.4) is 0 Å². The molecular weight excluding hydrogens is 525 g/mol. The molecule has 0 bridgehead atoms. The van der Waals surface area contributed by atoms with E-state index in [2.05, 4.69) is 40.1 Å². The molecule has 2 saturated heterocycles. The highest BCUT2D eigenvalue weighted by atomic mass is 19.4. The Morgan fingerprint density at radius 2 is 1.59 bits per heavy atom. The van der Waals surface area contributed by atoms with Crippen LogP contribution in [0.15, 0.2) is 54.6 Å². The predicted molar refractivity (Wildman–Crippen MR) is 156 cm³/mol. The van der Waals surface area contributed by atoms with Gasteiger partial charge in [-0.2, -0.15) is 13.2 Å². The van der Waals surface area contributed by atoms with E-state index in [1.165, 1.54) is 24.1 Å². The third kappa shape index (κ3) is 7.92. The van der Waals surface area contributed by atoms with Gasteiger partial charge in [0.1, 0.15) is 6.04 Å². The van der Waals surface area contributed by atoms with E-state index in [9.17, 15) is 23.1 Å². The van der Waals surface area contributed by atoms with Crippen LogP contribution in [-0.4, -0.2) is 59.6 Å². The van der Waals surface area contributed by atoms with Crippen molar-refractivity contribution in [2.75, 3.05) is 32.7 Å². The first-order valence-corrected chi connectivity index (χ1v) is 15.7. The Kier molecular flexibility index (Phi) is 10.1. The molecule has 2 aromatic carbocycles. The molecule has 3 aliphatic rings. The van der Waals surface area contributed by atoms with Crippen molar-refractivity contribution < 1.29 is 23.1 Å². The summed E-state index contributed by atoms with van der Waals surface area (Å²) in [5.74, 6) is 1.03. The zero-order chi connectivity index (χ0) is 28.8. The van der Waals surface area contributed by atoms with Gasteiger partial charge in [0.05, 0.1) is 5.56 Å². The maximum absolute atomic E-state index is 12.8. The number of carbonyl (C=O) groups is 1. The molecule has 3 atom stereocenters. The van der Waals surface area contributed by atoms with Gasteiger partial charge in [0.2, 0.25) is 0 Å². The standard InChI is InChI=1S/C34H45F3N2O2/c35-34(36,37)30-16-14-25(15-17-30)8-7-9-26-18-20-38(21-19-26)22-29-23-39(24-31(29)27-10-3-1-4-11-27)32(33(40)41)28-12-5-2-6-13-28/h1,3-4,10-11,14-17,26,28-29,31-32H,2,5-9,12-13,18-24H2,(H,40,41). The van der Waals surface area contributed by atoms with Crippen LogP contribution in [0.5, 0.6) is 0 Å². The highest BCUT2D eigenvalue weighted by Gasteiger charge is 2.43. The second-order valence-electron chi connectivity index (χ2n) is 12.7. The normalized spacial score (nSPS) is 24.5. The molecule has 7 heteroatoms. The summed E-state index contributed by atoms with van der Waals surface area (Å²) in [6, 6.07) is 15.9. The summed E-state index contributed by atoms with van der Waals surface area (Å²) in [6.07, 6.45) is 6.53. The minimum Gasteiger partial charge on any atom is -0.480 e. The lowest BCUT2D eigenvalue weighted by molar-refractivity contribution is -0.145. The van der Waals surface area contributed by atoms with E-state index >= 15 is 0 Å². The number of nitrogens with zero attached hydrogens (tertiary/aromatic N) is 2. The van der Waals surface area contributed by atoms with Crippen molar-refractivity contribution in [3.05, 3.63) is 71.3 Å². The number of hydrogen-bond donors (Lipinski definition) is 1. The molecule has 0 amide bonds. The fourth-order valence-corrected chi connectivity index (χ4v) is 7.75. The van der Waals surface area contributed by atoms with Gasteiger partial charge in [0, 0.05) is 25.6 Å². The van der Waals surface area contributed by atoms with Gasteiger partial charge >= 0.3 is 12.1 Å². The van der Waals surface area contributed by atoms with E-state index in [1.807, 2.05) is 0 Å². The van der Waals surface area contributed by atoms with Gasteiger partial charge in [-0.1, -0.05) is 68.1 Å². The van der Waals surface area contributed by atoms with Crippen molar-refractivity contribution in [1.29, 1.82) is 0 Å². The number of aliphatic carboxylic acids is 1. The Labute approximate surface area is 242 Å². The Bertz CT molecular complexity index is 1090. The Balaban J connectivity index is 1.13. The highest BCUT2D eigenvalue weighted by molar-refractivity contribution is 5.74. The lowest BCUT2D eigenvalue weighted by atomic mass is 9.83. The maximum Gasteiger partial charge on any atom is 0.416 e. The number of aryl methyl sites for hydroxylation is 1. The van der Waals surface area contributed by atoms with Gasteiger partial charge in [-0.25, -0.2) is 0 Å². The van der Waals surface area contributed by atoms with Crippen molar-refractivity contribution in [3.63, 3.8) is 0 Å². The molecule has 3 fully saturated rings. The van der Waals surface area contributed by atoms with Crippen LogP contribution in [0, 0.1) is 17.8 Å². The van der Waals surface area contributed by atoms with Gasteiger partial charge in [-0.15, -0.1) is 0 Å². The topological polar surface area (TPSA) is 43.8 Å². The second-order valence-corrected chi connectivity index (χ2v) is 12.7. The van der Waals surface area contributed by atoms with Crippen LogP contribution < -0.4 is 0 Å². The molecule has 1 aliphatic carbocycles. The lowest BCUT2D eigenvalue weighted by Gasteiger charge is -2.35. The highest BCUT2D eigenvalue weighted by Crippen LogP contribution is 2.39. The number of alkyl halides is 3. The number of benzene rings is 2. The molecule has 3 unspecified atom stereocenters. The van der Waals surface area contributed by atoms with Gasteiger partial charge in [-0.3, -0.25) is 9.69 Å². The minimum absolute atomic E-state index is 0.259. The summed E-state index contributed by atoms with van der Waals surface area (Å²) in [4.78, 5) is 17.4.